The number of hydrogen-bond acceptors (Lipinski definition) is 6. The van der Waals surface area contributed by atoms with Gasteiger partial charge in [0.25, 0.3) is 0 Å². The number of benzene rings is 1. The number of nitrogens with one attached hydrogen (secondary N) is 1. The third-order valence-corrected chi connectivity index (χ3v) is 3.33. The van der Waals surface area contributed by atoms with Crippen molar-refractivity contribution in [3.63, 3.8) is 0 Å². The maximum atomic E-state index is 5.81. The number of thioether (sulfide) groups is 1. The number of hydrogen-bond donors (Lipinski definition) is 2. The molecule has 0 aliphatic rings. The number of hydrazine groups is 1. The van der Waals surface area contributed by atoms with Crippen molar-refractivity contribution in [3.8, 4) is 11.6 Å². The lowest BCUT2D eigenvalue weighted by molar-refractivity contribution is 0.452. The number of rotatable bonds is 4. The average molecular weight is 276 g/mol. The van der Waals surface area contributed by atoms with Gasteiger partial charge in [0, 0.05) is 6.07 Å². The highest BCUT2D eigenvalue weighted by atomic mass is 32.2. The summed E-state index contributed by atoms with van der Waals surface area (Å²) in [6, 6.07) is 7.58. The third kappa shape index (κ3) is 3.15. The van der Waals surface area contributed by atoms with Gasteiger partial charge >= 0.3 is 0 Å². The Labute approximate surface area is 116 Å². The monoisotopic (exact) mass is 276 g/mol. The minimum atomic E-state index is 0.473. The van der Waals surface area contributed by atoms with E-state index in [0.717, 1.165) is 11.3 Å². The van der Waals surface area contributed by atoms with Crippen LogP contribution < -0.4 is 16.0 Å². The molecule has 0 saturated heterocycles. The summed E-state index contributed by atoms with van der Waals surface area (Å²) in [6.45, 7) is 4.06. The molecule has 5 nitrogen and oxygen atoms in total. The molecule has 1 aromatic carbocycles. The molecule has 19 heavy (non-hydrogen) atoms. The van der Waals surface area contributed by atoms with Gasteiger partial charge in [-0.15, -0.1) is 0 Å². The lowest BCUT2D eigenvalue weighted by atomic mass is 10.1. The number of nitrogens with two attached hydrogens (primary N) is 1. The van der Waals surface area contributed by atoms with E-state index in [-0.39, 0.29) is 0 Å². The molecule has 0 atom stereocenters. The lowest BCUT2D eigenvalue weighted by Crippen LogP contribution is -2.09. The van der Waals surface area contributed by atoms with Gasteiger partial charge in [-0.25, -0.2) is 10.8 Å². The van der Waals surface area contributed by atoms with Crippen molar-refractivity contribution in [2.75, 3.05) is 11.7 Å². The van der Waals surface area contributed by atoms with Gasteiger partial charge in [-0.2, -0.15) is 4.98 Å². The summed E-state index contributed by atoms with van der Waals surface area (Å²) in [5.74, 6) is 7.17. The van der Waals surface area contributed by atoms with E-state index in [1.54, 1.807) is 6.07 Å². The minimum absolute atomic E-state index is 0.473. The first kappa shape index (κ1) is 13.6. The molecule has 0 unspecified atom stereocenters. The van der Waals surface area contributed by atoms with Gasteiger partial charge in [0.2, 0.25) is 5.88 Å². The Bertz CT molecular complexity index is 567. The summed E-state index contributed by atoms with van der Waals surface area (Å²) in [4.78, 5) is 8.49. The van der Waals surface area contributed by atoms with Crippen LogP contribution in [0.5, 0.6) is 11.6 Å². The molecule has 0 radical (unpaired) electrons. The second kappa shape index (κ2) is 5.90. The Morgan fingerprint density at radius 3 is 2.74 bits per heavy atom. The predicted octanol–water partition coefficient (Wildman–Crippen LogP) is 2.89. The molecule has 3 N–H and O–H groups in total. The highest BCUT2D eigenvalue weighted by Gasteiger charge is 2.08. The van der Waals surface area contributed by atoms with E-state index in [1.165, 1.54) is 17.3 Å². The fourth-order valence-corrected chi connectivity index (χ4v) is 1.94. The summed E-state index contributed by atoms with van der Waals surface area (Å²) in [7, 11) is 0. The summed E-state index contributed by atoms with van der Waals surface area (Å²) in [5, 5.41) is 0.607. The highest BCUT2D eigenvalue weighted by Crippen LogP contribution is 2.27. The molecule has 2 rings (SSSR count). The Kier molecular flexibility index (Phi) is 4.24. The van der Waals surface area contributed by atoms with E-state index in [4.69, 9.17) is 10.6 Å². The van der Waals surface area contributed by atoms with Gasteiger partial charge in [0.1, 0.15) is 11.6 Å². The number of aromatic nitrogens is 2. The van der Waals surface area contributed by atoms with Crippen LogP contribution in [-0.2, 0) is 0 Å². The number of nitrogens with zero attached hydrogens (tertiary/aromatic N) is 2. The van der Waals surface area contributed by atoms with Crippen LogP contribution in [0.1, 0.15) is 11.1 Å². The number of nitrogen functional groups attached to an aromatic ring is 1. The first-order chi connectivity index (χ1) is 9.13. The molecular formula is C13H16N4OS. The van der Waals surface area contributed by atoms with Crippen LogP contribution in [-0.4, -0.2) is 16.2 Å². The first-order valence-electron chi connectivity index (χ1n) is 5.78. The smallest absolute Gasteiger partial charge is 0.225 e. The van der Waals surface area contributed by atoms with Crippen molar-refractivity contribution < 1.29 is 4.74 Å². The second-order valence-corrected chi connectivity index (χ2v) is 4.80. The molecule has 100 valence electrons. The third-order valence-electron chi connectivity index (χ3n) is 2.78. The van der Waals surface area contributed by atoms with Crippen LogP contribution in [0.2, 0.25) is 0 Å². The van der Waals surface area contributed by atoms with Crippen LogP contribution in [0.3, 0.4) is 0 Å². The molecule has 0 aliphatic heterocycles. The van der Waals surface area contributed by atoms with Crippen molar-refractivity contribution in [1.82, 2.24) is 9.97 Å². The zero-order chi connectivity index (χ0) is 13.8. The highest BCUT2D eigenvalue weighted by molar-refractivity contribution is 7.98. The van der Waals surface area contributed by atoms with Gasteiger partial charge in [0.15, 0.2) is 5.16 Å². The molecule has 6 heteroatoms. The normalized spacial score (nSPS) is 10.3. The van der Waals surface area contributed by atoms with Crippen molar-refractivity contribution in [1.29, 1.82) is 0 Å². The quantitative estimate of drug-likeness (QED) is 0.387. The zero-order valence-electron chi connectivity index (χ0n) is 11.1. The molecule has 0 saturated carbocycles. The minimum Gasteiger partial charge on any atom is -0.439 e. The Morgan fingerprint density at radius 2 is 2.05 bits per heavy atom. The van der Waals surface area contributed by atoms with Gasteiger partial charge in [0.05, 0.1) is 0 Å². The van der Waals surface area contributed by atoms with Gasteiger partial charge in [-0.05, 0) is 37.3 Å². The zero-order valence-corrected chi connectivity index (χ0v) is 11.9. The number of anilines is 1. The van der Waals surface area contributed by atoms with E-state index in [9.17, 15) is 0 Å². The molecule has 0 bridgehead atoms. The summed E-state index contributed by atoms with van der Waals surface area (Å²) in [6.07, 6.45) is 1.90. The average Bonchev–Trinajstić information content (AvgIpc) is 2.43. The molecular weight excluding hydrogens is 260 g/mol. The Balaban J connectivity index is 2.34. The van der Waals surface area contributed by atoms with E-state index in [2.05, 4.69) is 15.4 Å². The van der Waals surface area contributed by atoms with Crippen LogP contribution in [0.15, 0.2) is 29.4 Å². The lowest BCUT2D eigenvalue weighted by Gasteiger charge is -2.11. The summed E-state index contributed by atoms with van der Waals surface area (Å²) in [5.41, 5.74) is 4.78. The molecule has 2 aromatic rings. The van der Waals surface area contributed by atoms with E-state index >= 15 is 0 Å². The van der Waals surface area contributed by atoms with Crippen LogP contribution in [0.4, 0.5) is 5.82 Å². The van der Waals surface area contributed by atoms with Crippen molar-refractivity contribution in [2.24, 2.45) is 5.84 Å². The fourth-order valence-electron chi connectivity index (χ4n) is 1.57. The van der Waals surface area contributed by atoms with E-state index in [0.29, 0.717) is 16.9 Å². The number of ether oxygens (including phenoxy) is 1. The SMILES string of the molecule is CSc1nc(NN)cc(Oc2cccc(C)c2C)n1. The standard InChI is InChI=1S/C13H16N4OS/c1-8-5-4-6-10(9(8)2)18-12-7-11(17-14)15-13(16-12)19-3/h4-7H,14H2,1-3H3,(H,15,16,17). The predicted molar refractivity (Wildman–Crippen MR) is 77.6 cm³/mol. The van der Waals surface area contributed by atoms with Crippen molar-refractivity contribution in [3.05, 3.63) is 35.4 Å². The second-order valence-electron chi connectivity index (χ2n) is 4.02. The maximum Gasteiger partial charge on any atom is 0.225 e. The summed E-state index contributed by atoms with van der Waals surface area (Å²) >= 11 is 1.43. The molecule has 0 amide bonds. The van der Waals surface area contributed by atoms with E-state index in [1.807, 2.05) is 38.3 Å². The van der Waals surface area contributed by atoms with Crippen LogP contribution in [0.25, 0.3) is 0 Å². The molecule has 0 aliphatic carbocycles. The Hall–Kier alpha value is -1.79. The van der Waals surface area contributed by atoms with Gasteiger partial charge in [-0.3, -0.25) is 0 Å². The van der Waals surface area contributed by atoms with Gasteiger partial charge < -0.3 is 10.2 Å². The molecule has 0 fully saturated rings. The Morgan fingerprint density at radius 1 is 1.26 bits per heavy atom. The molecule has 1 heterocycles. The summed E-state index contributed by atoms with van der Waals surface area (Å²) < 4.78 is 5.81. The van der Waals surface area contributed by atoms with E-state index < -0.39 is 0 Å². The largest absolute Gasteiger partial charge is 0.439 e. The molecule has 1 aromatic heterocycles. The fraction of sp³-hybridized carbons (Fsp3) is 0.231. The van der Waals surface area contributed by atoms with Crippen molar-refractivity contribution in [2.45, 2.75) is 19.0 Å². The van der Waals surface area contributed by atoms with Crippen molar-refractivity contribution >= 4 is 17.6 Å². The van der Waals surface area contributed by atoms with Crippen LogP contribution >= 0.6 is 11.8 Å². The maximum absolute atomic E-state index is 5.81. The van der Waals surface area contributed by atoms with Gasteiger partial charge in [-0.1, -0.05) is 23.9 Å². The topological polar surface area (TPSA) is 73.1 Å². The number of aryl methyl sites for hydroxylation is 1. The van der Waals surface area contributed by atoms with Crippen LogP contribution in [0, 0.1) is 13.8 Å². The first-order valence-corrected chi connectivity index (χ1v) is 7.00. The molecule has 0 spiro atoms.